The Kier molecular flexibility index (Phi) is 5.80. The molecule has 4 aromatic rings. The number of furan rings is 1. The van der Waals surface area contributed by atoms with Crippen molar-refractivity contribution in [3.63, 3.8) is 0 Å². The number of carbonyl (C=O) groups excluding carboxylic acids is 1. The summed E-state index contributed by atoms with van der Waals surface area (Å²) in [5.41, 5.74) is 1.19. The number of halogens is 1. The monoisotopic (exact) mass is 424 g/mol. The van der Waals surface area contributed by atoms with Crippen molar-refractivity contribution in [2.45, 2.75) is 5.16 Å². The molecule has 7 nitrogen and oxygen atoms in total. The maximum Gasteiger partial charge on any atom is 0.234 e. The minimum absolute atomic E-state index is 0.0724. The molecule has 0 aliphatic heterocycles. The van der Waals surface area contributed by atoms with Crippen molar-refractivity contribution in [2.24, 2.45) is 0 Å². The van der Waals surface area contributed by atoms with Gasteiger partial charge >= 0.3 is 0 Å². The van der Waals surface area contributed by atoms with Crippen LogP contribution in [0, 0.1) is 5.82 Å². The number of ether oxygens (including phenoxy) is 1. The lowest BCUT2D eigenvalue weighted by atomic mass is 10.3. The van der Waals surface area contributed by atoms with E-state index in [0.29, 0.717) is 22.4 Å². The summed E-state index contributed by atoms with van der Waals surface area (Å²) in [7, 11) is 1.60. The lowest BCUT2D eigenvalue weighted by Crippen LogP contribution is -2.14. The molecule has 152 valence electrons. The molecule has 2 aromatic carbocycles. The highest BCUT2D eigenvalue weighted by Gasteiger charge is 2.19. The zero-order chi connectivity index (χ0) is 20.9. The van der Waals surface area contributed by atoms with Crippen LogP contribution >= 0.6 is 11.8 Å². The zero-order valence-corrected chi connectivity index (χ0v) is 16.7. The van der Waals surface area contributed by atoms with Gasteiger partial charge in [0.25, 0.3) is 0 Å². The number of hydrogen-bond donors (Lipinski definition) is 1. The minimum atomic E-state index is -0.414. The van der Waals surface area contributed by atoms with E-state index in [4.69, 9.17) is 9.15 Å². The van der Waals surface area contributed by atoms with E-state index < -0.39 is 5.82 Å². The molecule has 4 rings (SSSR count). The molecule has 0 bridgehead atoms. The Morgan fingerprint density at radius 2 is 2.00 bits per heavy atom. The molecule has 0 spiro atoms. The molecule has 1 N–H and O–H groups in total. The maximum absolute atomic E-state index is 13.3. The molecule has 0 unspecified atom stereocenters. The van der Waals surface area contributed by atoms with Crippen LogP contribution in [0.1, 0.15) is 0 Å². The van der Waals surface area contributed by atoms with Gasteiger partial charge < -0.3 is 14.5 Å². The van der Waals surface area contributed by atoms with Crippen LogP contribution in [0.5, 0.6) is 5.75 Å². The summed E-state index contributed by atoms with van der Waals surface area (Å²) < 4.78 is 25.8. The number of thioether (sulfide) groups is 1. The number of rotatable bonds is 7. The number of carbonyl (C=O) groups is 1. The lowest BCUT2D eigenvalue weighted by molar-refractivity contribution is -0.113. The molecular formula is C21H17FN4O3S. The second-order valence-electron chi connectivity index (χ2n) is 6.16. The first-order valence-electron chi connectivity index (χ1n) is 8.96. The summed E-state index contributed by atoms with van der Waals surface area (Å²) in [4.78, 5) is 12.3. The van der Waals surface area contributed by atoms with Gasteiger partial charge in [-0.05, 0) is 54.6 Å². The van der Waals surface area contributed by atoms with Gasteiger partial charge in [-0.2, -0.15) is 0 Å². The predicted octanol–water partition coefficient (Wildman–Crippen LogP) is 4.41. The fourth-order valence-corrected chi connectivity index (χ4v) is 3.54. The van der Waals surface area contributed by atoms with E-state index in [2.05, 4.69) is 15.5 Å². The minimum Gasteiger partial charge on any atom is -0.497 e. The quantitative estimate of drug-likeness (QED) is 0.443. The van der Waals surface area contributed by atoms with Crippen molar-refractivity contribution >= 4 is 23.4 Å². The third kappa shape index (κ3) is 4.36. The molecule has 0 fully saturated rings. The fourth-order valence-electron chi connectivity index (χ4n) is 2.79. The maximum atomic E-state index is 13.3. The van der Waals surface area contributed by atoms with Crippen LogP contribution in [0.25, 0.3) is 17.3 Å². The number of aromatic nitrogens is 3. The Hall–Kier alpha value is -3.59. The predicted molar refractivity (Wildman–Crippen MR) is 111 cm³/mol. The lowest BCUT2D eigenvalue weighted by Gasteiger charge is -2.10. The van der Waals surface area contributed by atoms with Gasteiger partial charge in [-0.3, -0.25) is 9.36 Å². The Labute approximate surface area is 175 Å². The number of nitrogens with one attached hydrogen (secondary N) is 1. The SMILES string of the molecule is COc1ccc(-n2c(SCC(=O)Nc3cccc(F)c3)nnc2-c2ccco2)cc1. The van der Waals surface area contributed by atoms with Crippen molar-refractivity contribution in [3.05, 3.63) is 72.7 Å². The first-order valence-corrected chi connectivity index (χ1v) is 9.94. The highest BCUT2D eigenvalue weighted by atomic mass is 32.2. The number of methoxy groups -OCH3 is 1. The van der Waals surface area contributed by atoms with Crippen molar-refractivity contribution in [2.75, 3.05) is 18.2 Å². The topological polar surface area (TPSA) is 82.2 Å². The molecule has 0 radical (unpaired) electrons. The average molecular weight is 424 g/mol. The van der Waals surface area contributed by atoms with Crippen molar-refractivity contribution in [1.82, 2.24) is 14.8 Å². The van der Waals surface area contributed by atoms with Crippen molar-refractivity contribution in [3.8, 4) is 23.0 Å². The number of anilines is 1. The van der Waals surface area contributed by atoms with Gasteiger partial charge in [0.05, 0.1) is 24.8 Å². The largest absolute Gasteiger partial charge is 0.497 e. The van der Waals surface area contributed by atoms with Gasteiger partial charge in [-0.25, -0.2) is 4.39 Å². The molecule has 0 aliphatic rings. The number of nitrogens with zero attached hydrogens (tertiary/aromatic N) is 3. The van der Waals surface area contributed by atoms with E-state index >= 15 is 0 Å². The number of hydrogen-bond acceptors (Lipinski definition) is 6. The van der Waals surface area contributed by atoms with Crippen LogP contribution in [0.2, 0.25) is 0 Å². The van der Waals surface area contributed by atoms with E-state index in [9.17, 15) is 9.18 Å². The molecule has 1 amide bonds. The summed E-state index contributed by atoms with van der Waals surface area (Å²) in [5.74, 6) is 1.16. The van der Waals surface area contributed by atoms with Crippen LogP contribution in [-0.4, -0.2) is 33.5 Å². The Bertz CT molecular complexity index is 1140. The summed E-state index contributed by atoms with van der Waals surface area (Å²) in [5, 5.41) is 11.6. The van der Waals surface area contributed by atoms with Crippen molar-refractivity contribution in [1.29, 1.82) is 0 Å². The molecular weight excluding hydrogens is 407 g/mol. The first kappa shape index (κ1) is 19.7. The third-order valence-electron chi connectivity index (χ3n) is 4.15. The van der Waals surface area contributed by atoms with E-state index in [1.165, 1.54) is 30.0 Å². The standard InChI is InChI=1S/C21H17FN4O3S/c1-28-17-9-7-16(8-10-17)26-20(18-6-3-11-29-18)24-25-21(26)30-13-19(27)23-15-5-2-4-14(22)12-15/h2-12H,13H2,1H3,(H,23,27). The van der Waals surface area contributed by atoms with Crippen LogP contribution in [0.4, 0.5) is 10.1 Å². The first-order chi connectivity index (χ1) is 14.6. The van der Waals surface area contributed by atoms with E-state index in [1.807, 2.05) is 24.3 Å². The van der Waals surface area contributed by atoms with E-state index in [0.717, 1.165) is 11.4 Å². The molecule has 0 saturated heterocycles. The second kappa shape index (κ2) is 8.83. The van der Waals surface area contributed by atoms with Crippen LogP contribution in [-0.2, 0) is 4.79 Å². The molecule has 2 heterocycles. The summed E-state index contributed by atoms with van der Waals surface area (Å²) in [6.07, 6.45) is 1.56. The second-order valence-corrected chi connectivity index (χ2v) is 7.11. The smallest absolute Gasteiger partial charge is 0.234 e. The van der Waals surface area contributed by atoms with Gasteiger partial charge in [0.2, 0.25) is 11.7 Å². The highest BCUT2D eigenvalue weighted by Crippen LogP contribution is 2.29. The van der Waals surface area contributed by atoms with Gasteiger partial charge in [0, 0.05) is 5.69 Å². The van der Waals surface area contributed by atoms with Gasteiger partial charge in [-0.1, -0.05) is 17.8 Å². The normalized spacial score (nSPS) is 10.7. The molecule has 2 aromatic heterocycles. The van der Waals surface area contributed by atoms with E-state index in [1.54, 1.807) is 36.1 Å². The molecule has 9 heteroatoms. The van der Waals surface area contributed by atoms with Gasteiger partial charge in [0.1, 0.15) is 11.6 Å². The Morgan fingerprint density at radius 3 is 2.70 bits per heavy atom. The average Bonchev–Trinajstić information content (AvgIpc) is 3.42. The molecule has 0 saturated carbocycles. The highest BCUT2D eigenvalue weighted by molar-refractivity contribution is 7.99. The number of benzene rings is 2. The third-order valence-corrected chi connectivity index (χ3v) is 5.08. The van der Waals surface area contributed by atoms with Gasteiger partial charge in [-0.15, -0.1) is 10.2 Å². The van der Waals surface area contributed by atoms with E-state index in [-0.39, 0.29) is 11.7 Å². The fraction of sp³-hybridized carbons (Fsp3) is 0.0952. The Balaban J connectivity index is 1.57. The molecule has 0 atom stereocenters. The summed E-state index contributed by atoms with van der Waals surface area (Å²) in [6, 6.07) is 16.7. The van der Waals surface area contributed by atoms with Crippen LogP contribution in [0.3, 0.4) is 0 Å². The van der Waals surface area contributed by atoms with Crippen LogP contribution in [0.15, 0.2) is 76.5 Å². The number of amides is 1. The Morgan fingerprint density at radius 1 is 1.17 bits per heavy atom. The molecule has 0 aliphatic carbocycles. The van der Waals surface area contributed by atoms with Gasteiger partial charge in [0.15, 0.2) is 10.9 Å². The summed E-state index contributed by atoms with van der Waals surface area (Å²) >= 11 is 1.21. The molecule has 30 heavy (non-hydrogen) atoms. The van der Waals surface area contributed by atoms with Crippen molar-refractivity contribution < 1.29 is 18.3 Å². The summed E-state index contributed by atoms with van der Waals surface area (Å²) in [6.45, 7) is 0. The van der Waals surface area contributed by atoms with Crippen LogP contribution < -0.4 is 10.1 Å². The zero-order valence-electron chi connectivity index (χ0n) is 15.9.